The first-order chi connectivity index (χ1) is 15.7. The lowest BCUT2D eigenvalue weighted by atomic mass is 10.2. The van der Waals surface area contributed by atoms with Gasteiger partial charge in [-0.2, -0.15) is 9.97 Å². The van der Waals surface area contributed by atoms with Gasteiger partial charge < -0.3 is 10.6 Å². The molecule has 0 atom stereocenters. The zero-order valence-corrected chi connectivity index (χ0v) is 18.7. The molecule has 0 aliphatic rings. The molecule has 2 heterocycles. The highest BCUT2D eigenvalue weighted by atomic mass is 32.2. The number of benzene rings is 2. The Hall–Kier alpha value is -3.66. The van der Waals surface area contributed by atoms with Crippen molar-refractivity contribution in [1.82, 2.24) is 24.6 Å². The molecule has 4 rings (SSSR count). The van der Waals surface area contributed by atoms with Gasteiger partial charge in [0.25, 0.3) is 5.78 Å². The second-order valence-corrected chi connectivity index (χ2v) is 7.68. The Morgan fingerprint density at radius 3 is 2.12 bits per heavy atom. The maximum atomic E-state index is 13.3. The summed E-state index contributed by atoms with van der Waals surface area (Å²) < 4.78 is 1.73. The molecule has 2 aromatic heterocycles. The summed E-state index contributed by atoms with van der Waals surface area (Å²) in [5, 5.41) is 15.3. The number of hydrogen-bond acceptors (Lipinski definition) is 8. The predicted octanol–water partition coefficient (Wildman–Crippen LogP) is 3.84. The van der Waals surface area contributed by atoms with Crippen molar-refractivity contribution in [3.8, 4) is 0 Å². The number of fused-ring (bicyclic) bond motifs is 1. The van der Waals surface area contributed by atoms with E-state index in [1.807, 2.05) is 74.5 Å². The van der Waals surface area contributed by atoms with Crippen LogP contribution in [0.1, 0.15) is 13.8 Å². The Balaban J connectivity index is 1.61. The van der Waals surface area contributed by atoms with Crippen LogP contribution >= 0.6 is 11.8 Å². The predicted molar refractivity (Wildman–Crippen MR) is 128 cm³/mol. The van der Waals surface area contributed by atoms with Gasteiger partial charge in [0, 0.05) is 24.5 Å². The molecule has 2 aromatic carbocycles. The number of thioether (sulfide) groups is 1. The standard InChI is InChI=1S/C22H24N8OS/c1-3-23-19-25-20(24-4-2)30-21(26-19)27-28-22(30)32-15-18(31)29(16-11-7-5-8-12-16)17-13-9-6-10-14-17/h5-14H,3-4,15H2,1-2H3,(H2,23,24,25,26,27). The molecule has 0 saturated carbocycles. The van der Waals surface area contributed by atoms with E-state index < -0.39 is 0 Å². The summed E-state index contributed by atoms with van der Waals surface area (Å²) in [5.41, 5.74) is 1.62. The molecule has 0 unspecified atom stereocenters. The van der Waals surface area contributed by atoms with Gasteiger partial charge in [-0.3, -0.25) is 9.69 Å². The summed E-state index contributed by atoms with van der Waals surface area (Å²) in [6.45, 7) is 5.33. The smallest absolute Gasteiger partial charge is 0.261 e. The highest BCUT2D eigenvalue weighted by Gasteiger charge is 2.21. The van der Waals surface area contributed by atoms with Crippen molar-refractivity contribution in [2.24, 2.45) is 0 Å². The number of rotatable bonds is 9. The van der Waals surface area contributed by atoms with Gasteiger partial charge in [0.05, 0.1) is 5.75 Å². The van der Waals surface area contributed by atoms with Crippen LogP contribution in [0, 0.1) is 0 Å². The molecular formula is C22H24N8OS. The minimum absolute atomic E-state index is 0.0701. The van der Waals surface area contributed by atoms with E-state index in [-0.39, 0.29) is 11.7 Å². The van der Waals surface area contributed by atoms with Crippen molar-refractivity contribution in [2.75, 3.05) is 34.4 Å². The van der Waals surface area contributed by atoms with Crippen LogP contribution in [0.15, 0.2) is 65.8 Å². The van der Waals surface area contributed by atoms with Crippen LogP contribution in [0.4, 0.5) is 23.3 Å². The second-order valence-electron chi connectivity index (χ2n) is 6.74. The fourth-order valence-corrected chi connectivity index (χ4v) is 3.96. The van der Waals surface area contributed by atoms with Gasteiger partial charge >= 0.3 is 0 Å². The van der Waals surface area contributed by atoms with Gasteiger partial charge in [0.15, 0.2) is 5.16 Å². The highest BCUT2D eigenvalue weighted by Crippen LogP contribution is 2.28. The Morgan fingerprint density at radius 1 is 0.906 bits per heavy atom. The Morgan fingerprint density at radius 2 is 1.53 bits per heavy atom. The summed E-state index contributed by atoms with van der Waals surface area (Å²) in [5.74, 6) is 1.58. The SMILES string of the molecule is CCNc1nc(NCC)n2c(SCC(=O)N(c3ccccc3)c3ccccc3)nnc2n1. The molecule has 32 heavy (non-hydrogen) atoms. The summed E-state index contributed by atoms with van der Waals surface area (Å²) in [6.07, 6.45) is 0. The quantitative estimate of drug-likeness (QED) is 0.373. The second kappa shape index (κ2) is 10.1. The van der Waals surface area contributed by atoms with Crippen molar-refractivity contribution in [1.29, 1.82) is 0 Å². The molecule has 4 aromatic rings. The summed E-state index contributed by atoms with van der Waals surface area (Å²) in [7, 11) is 0. The molecule has 0 aliphatic heterocycles. The third-order valence-corrected chi connectivity index (χ3v) is 5.43. The van der Waals surface area contributed by atoms with Gasteiger partial charge in [-0.05, 0) is 38.1 Å². The topological polar surface area (TPSA) is 100 Å². The van der Waals surface area contributed by atoms with Crippen LogP contribution < -0.4 is 15.5 Å². The molecule has 0 radical (unpaired) electrons. The van der Waals surface area contributed by atoms with Crippen LogP contribution in [-0.4, -0.2) is 49.3 Å². The molecule has 0 saturated heterocycles. The number of nitrogens with one attached hydrogen (secondary N) is 2. The van der Waals surface area contributed by atoms with E-state index in [4.69, 9.17) is 0 Å². The summed E-state index contributed by atoms with van der Waals surface area (Å²) >= 11 is 1.30. The van der Waals surface area contributed by atoms with E-state index in [1.165, 1.54) is 11.8 Å². The molecule has 0 fully saturated rings. The van der Waals surface area contributed by atoms with Crippen molar-refractivity contribution >= 4 is 46.7 Å². The van der Waals surface area contributed by atoms with Crippen LogP contribution in [0.3, 0.4) is 0 Å². The van der Waals surface area contributed by atoms with Gasteiger partial charge in [0.2, 0.25) is 17.8 Å². The van der Waals surface area contributed by atoms with Gasteiger partial charge in [-0.1, -0.05) is 48.2 Å². The number of amides is 1. The average molecular weight is 449 g/mol. The molecule has 1 amide bonds. The van der Waals surface area contributed by atoms with Crippen molar-refractivity contribution < 1.29 is 4.79 Å². The van der Waals surface area contributed by atoms with Crippen LogP contribution in [-0.2, 0) is 4.79 Å². The lowest BCUT2D eigenvalue weighted by Crippen LogP contribution is -2.27. The number of nitrogens with zero attached hydrogens (tertiary/aromatic N) is 6. The van der Waals surface area contributed by atoms with E-state index in [9.17, 15) is 4.79 Å². The molecule has 0 aliphatic carbocycles. The molecule has 0 spiro atoms. The van der Waals surface area contributed by atoms with Crippen molar-refractivity contribution in [3.05, 3.63) is 60.7 Å². The van der Waals surface area contributed by atoms with E-state index in [1.54, 1.807) is 9.30 Å². The molecule has 2 N–H and O–H groups in total. The third-order valence-electron chi connectivity index (χ3n) is 4.52. The van der Waals surface area contributed by atoms with E-state index in [0.717, 1.165) is 11.4 Å². The molecule has 10 heteroatoms. The minimum Gasteiger partial charge on any atom is -0.355 e. The Bertz CT molecular complexity index is 1140. The first kappa shape index (κ1) is 21.6. The largest absolute Gasteiger partial charge is 0.355 e. The molecular weight excluding hydrogens is 424 g/mol. The zero-order chi connectivity index (χ0) is 22.3. The number of carbonyl (C=O) groups is 1. The van der Waals surface area contributed by atoms with Gasteiger partial charge in [-0.25, -0.2) is 4.40 Å². The molecule has 164 valence electrons. The summed E-state index contributed by atoms with van der Waals surface area (Å²) in [4.78, 5) is 23.9. The Labute approximate surface area is 190 Å². The number of carbonyl (C=O) groups excluding carboxylic acids is 1. The van der Waals surface area contributed by atoms with Crippen LogP contribution in [0.2, 0.25) is 0 Å². The van der Waals surface area contributed by atoms with Crippen LogP contribution in [0.5, 0.6) is 0 Å². The summed E-state index contributed by atoms with van der Waals surface area (Å²) in [6, 6.07) is 19.2. The molecule has 9 nitrogen and oxygen atoms in total. The Kier molecular flexibility index (Phi) is 6.81. The van der Waals surface area contributed by atoms with E-state index in [2.05, 4.69) is 30.8 Å². The first-order valence-electron chi connectivity index (χ1n) is 10.4. The van der Waals surface area contributed by atoms with Crippen molar-refractivity contribution in [2.45, 2.75) is 19.0 Å². The maximum Gasteiger partial charge on any atom is 0.261 e. The monoisotopic (exact) mass is 448 g/mol. The average Bonchev–Trinajstić information content (AvgIpc) is 3.23. The normalized spacial score (nSPS) is 10.8. The number of para-hydroxylation sites is 2. The van der Waals surface area contributed by atoms with E-state index in [0.29, 0.717) is 35.9 Å². The highest BCUT2D eigenvalue weighted by molar-refractivity contribution is 7.99. The van der Waals surface area contributed by atoms with E-state index >= 15 is 0 Å². The third kappa shape index (κ3) is 4.65. The fourth-order valence-electron chi connectivity index (χ4n) is 3.18. The maximum absolute atomic E-state index is 13.3. The minimum atomic E-state index is -0.0701. The number of aromatic nitrogens is 5. The number of anilines is 4. The van der Waals surface area contributed by atoms with Crippen molar-refractivity contribution in [3.63, 3.8) is 0 Å². The lowest BCUT2D eigenvalue weighted by Gasteiger charge is -2.22. The lowest BCUT2D eigenvalue weighted by molar-refractivity contribution is -0.115. The fraction of sp³-hybridized carbons (Fsp3) is 0.227. The van der Waals surface area contributed by atoms with Gasteiger partial charge in [0.1, 0.15) is 0 Å². The molecule has 0 bridgehead atoms. The zero-order valence-electron chi connectivity index (χ0n) is 17.9. The van der Waals surface area contributed by atoms with Gasteiger partial charge in [-0.15, -0.1) is 10.2 Å². The first-order valence-corrected chi connectivity index (χ1v) is 11.4. The van der Waals surface area contributed by atoms with Crippen LogP contribution in [0.25, 0.3) is 5.78 Å². The number of hydrogen-bond donors (Lipinski definition) is 2.